The Labute approximate surface area is 150 Å². The maximum absolute atomic E-state index is 6.56. The highest BCUT2D eigenvalue weighted by atomic mass is 35.5. The summed E-state index contributed by atoms with van der Waals surface area (Å²) in [4.78, 5) is 4.67. The maximum Gasteiger partial charge on any atom is 0.136 e. The second-order valence-electron chi connectivity index (χ2n) is 5.94. The van der Waals surface area contributed by atoms with E-state index >= 15 is 0 Å². The summed E-state index contributed by atoms with van der Waals surface area (Å²) in [6, 6.07) is 12.1. The molecule has 0 bridgehead atoms. The van der Waals surface area contributed by atoms with Crippen LogP contribution in [-0.2, 0) is 13.6 Å². The summed E-state index contributed by atoms with van der Waals surface area (Å²) in [5.41, 5.74) is 5.74. The third-order valence-corrected chi connectivity index (χ3v) is 4.64. The molecule has 0 aliphatic carbocycles. The average Bonchev–Trinajstić information content (AvgIpc) is 3.31. The fourth-order valence-corrected chi connectivity index (χ4v) is 3.31. The van der Waals surface area contributed by atoms with Crippen molar-refractivity contribution in [2.45, 2.75) is 13.5 Å². The van der Waals surface area contributed by atoms with Gasteiger partial charge in [0.1, 0.15) is 5.15 Å². The van der Waals surface area contributed by atoms with Crippen molar-refractivity contribution in [2.75, 3.05) is 0 Å². The molecule has 0 amide bonds. The van der Waals surface area contributed by atoms with Crippen LogP contribution < -0.4 is 0 Å². The van der Waals surface area contributed by atoms with Gasteiger partial charge in [-0.2, -0.15) is 5.10 Å². The van der Waals surface area contributed by atoms with Crippen LogP contribution in [0.15, 0.2) is 59.7 Å². The van der Waals surface area contributed by atoms with E-state index < -0.39 is 0 Å². The van der Waals surface area contributed by atoms with Crippen LogP contribution in [0.1, 0.15) is 11.3 Å². The van der Waals surface area contributed by atoms with Crippen LogP contribution in [0.5, 0.6) is 0 Å². The molecule has 5 nitrogen and oxygen atoms in total. The first-order chi connectivity index (χ1) is 12.1. The van der Waals surface area contributed by atoms with Gasteiger partial charge in [-0.05, 0) is 13.0 Å². The van der Waals surface area contributed by atoms with E-state index in [1.54, 1.807) is 17.2 Å². The van der Waals surface area contributed by atoms with Gasteiger partial charge in [0.15, 0.2) is 0 Å². The Bertz CT molecular complexity index is 1000. The number of imidazole rings is 1. The molecule has 0 N–H and O–H groups in total. The van der Waals surface area contributed by atoms with Crippen LogP contribution in [0.2, 0.25) is 5.15 Å². The van der Waals surface area contributed by atoms with Gasteiger partial charge < -0.3 is 8.98 Å². The molecule has 0 saturated carbocycles. The molecular formula is C19H17ClN4O. The molecule has 0 saturated heterocycles. The molecule has 0 unspecified atom stereocenters. The molecule has 126 valence electrons. The lowest BCUT2D eigenvalue weighted by atomic mass is 10.1. The molecule has 0 aliphatic rings. The van der Waals surface area contributed by atoms with Crippen molar-refractivity contribution in [3.63, 3.8) is 0 Å². The first-order valence-electron chi connectivity index (χ1n) is 7.96. The van der Waals surface area contributed by atoms with Crippen molar-refractivity contribution >= 4 is 11.6 Å². The Kier molecular flexibility index (Phi) is 3.93. The van der Waals surface area contributed by atoms with E-state index in [0.29, 0.717) is 11.7 Å². The summed E-state index contributed by atoms with van der Waals surface area (Å²) in [7, 11) is 1.85. The fraction of sp³-hybridized carbons (Fsp3) is 0.158. The SMILES string of the molecule is Cc1nn(C)c(Cl)c1-c1c(-c2ccccc2)ncn1Cc1ccoc1. The molecule has 0 fully saturated rings. The van der Waals surface area contributed by atoms with E-state index in [1.165, 1.54) is 0 Å². The molecule has 0 atom stereocenters. The van der Waals surface area contributed by atoms with Crippen LogP contribution in [0.3, 0.4) is 0 Å². The number of furan rings is 1. The Morgan fingerprint density at radius 2 is 1.96 bits per heavy atom. The van der Waals surface area contributed by atoms with Crippen LogP contribution in [-0.4, -0.2) is 19.3 Å². The lowest BCUT2D eigenvalue weighted by Gasteiger charge is -2.10. The number of nitrogens with zero attached hydrogens (tertiary/aromatic N) is 4. The largest absolute Gasteiger partial charge is 0.472 e. The van der Waals surface area contributed by atoms with Crippen molar-refractivity contribution in [1.29, 1.82) is 0 Å². The maximum atomic E-state index is 6.56. The first-order valence-corrected chi connectivity index (χ1v) is 8.34. The summed E-state index contributed by atoms with van der Waals surface area (Å²) in [5.74, 6) is 0. The number of benzene rings is 1. The number of hydrogen-bond donors (Lipinski definition) is 0. The van der Waals surface area contributed by atoms with Gasteiger partial charge in [0.25, 0.3) is 0 Å². The van der Waals surface area contributed by atoms with Gasteiger partial charge in [0.05, 0.1) is 48.0 Å². The Morgan fingerprint density at radius 3 is 2.60 bits per heavy atom. The topological polar surface area (TPSA) is 48.8 Å². The van der Waals surface area contributed by atoms with E-state index in [4.69, 9.17) is 16.0 Å². The van der Waals surface area contributed by atoms with Crippen molar-refractivity contribution in [3.05, 3.63) is 71.7 Å². The Balaban J connectivity index is 1.93. The van der Waals surface area contributed by atoms with Crippen LogP contribution in [0, 0.1) is 6.92 Å². The van der Waals surface area contributed by atoms with Crippen LogP contribution in [0.4, 0.5) is 0 Å². The lowest BCUT2D eigenvalue weighted by molar-refractivity contribution is 0.562. The smallest absolute Gasteiger partial charge is 0.136 e. The highest BCUT2D eigenvalue weighted by Gasteiger charge is 2.22. The zero-order chi connectivity index (χ0) is 17.4. The van der Waals surface area contributed by atoms with E-state index in [-0.39, 0.29) is 0 Å². The van der Waals surface area contributed by atoms with Crippen molar-refractivity contribution in [3.8, 4) is 22.5 Å². The zero-order valence-electron chi connectivity index (χ0n) is 14.0. The van der Waals surface area contributed by atoms with Crippen molar-refractivity contribution in [1.82, 2.24) is 19.3 Å². The second-order valence-corrected chi connectivity index (χ2v) is 6.30. The highest BCUT2D eigenvalue weighted by Crippen LogP contribution is 2.37. The number of halogens is 1. The molecule has 1 aromatic carbocycles. The van der Waals surface area contributed by atoms with Crippen molar-refractivity contribution < 1.29 is 4.42 Å². The third-order valence-electron chi connectivity index (χ3n) is 4.21. The van der Waals surface area contributed by atoms with Crippen molar-refractivity contribution in [2.24, 2.45) is 7.05 Å². The second kappa shape index (κ2) is 6.26. The summed E-state index contributed by atoms with van der Waals surface area (Å²) < 4.78 is 8.98. The molecule has 0 radical (unpaired) electrons. The lowest BCUT2D eigenvalue weighted by Crippen LogP contribution is -2.01. The molecule has 3 aromatic heterocycles. The molecular weight excluding hydrogens is 336 g/mol. The monoisotopic (exact) mass is 352 g/mol. The predicted octanol–water partition coefficient (Wildman–Crippen LogP) is 4.55. The molecule has 3 heterocycles. The van der Waals surface area contributed by atoms with E-state index in [0.717, 1.165) is 33.8 Å². The van der Waals surface area contributed by atoms with E-state index in [9.17, 15) is 0 Å². The molecule has 0 spiro atoms. The van der Waals surface area contributed by atoms with E-state index in [2.05, 4.69) is 14.6 Å². The normalized spacial score (nSPS) is 11.2. The molecule has 25 heavy (non-hydrogen) atoms. The molecule has 0 aliphatic heterocycles. The van der Waals surface area contributed by atoms with Gasteiger partial charge in [-0.3, -0.25) is 4.68 Å². The van der Waals surface area contributed by atoms with Crippen LogP contribution >= 0.6 is 11.6 Å². The minimum Gasteiger partial charge on any atom is -0.472 e. The molecule has 6 heteroatoms. The highest BCUT2D eigenvalue weighted by molar-refractivity contribution is 6.32. The van der Waals surface area contributed by atoms with E-state index in [1.807, 2.05) is 56.7 Å². The van der Waals surface area contributed by atoms with Gasteiger partial charge in [-0.1, -0.05) is 41.9 Å². The van der Waals surface area contributed by atoms with Gasteiger partial charge in [0.2, 0.25) is 0 Å². The Morgan fingerprint density at radius 1 is 1.16 bits per heavy atom. The summed E-state index contributed by atoms with van der Waals surface area (Å²) in [5, 5.41) is 5.07. The molecule has 4 rings (SSSR count). The van der Waals surface area contributed by atoms with Gasteiger partial charge in [-0.25, -0.2) is 4.98 Å². The number of aromatic nitrogens is 4. The summed E-state index contributed by atoms with van der Waals surface area (Å²) >= 11 is 6.56. The standard InChI is InChI=1S/C19H17ClN4O/c1-13-16(19(20)23(2)22-13)18-17(15-6-4-3-5-7-15)21-12-24(18)10-14-8-9-25-11-14/h3-9,11-12H,10H2,1-2H3. The average molecular weight is 353 g/mol. The van der Waals surface area contributed by atoms with Crippen LogP contribution in [0.25, 0.3) is 22.5 Å². The quantitative estimate of drug-likeness (QED) is 0.541. The Hall–Kier alpha value is -2.79. The predicted molar refractivity (Wildman–Crippen MR) is 97.4 cm³/mol. The minimum absolute atomic E-state index is 0.601. The first kappa shape index (κ1) is 15.7. The zero-order valence-corrected chi connectivity index (χ0v) is 14.7. The number of hydrogen-bond acceptors (Lipinski definition) is 3. The number of rotatable bonds is 4. The summed E-state index contributed by atoms with van der Waals surface area (Å²) in [6.07, 6.45) is 5.25. The molecule has 4 aromatic rings. The fourth-order valence-electron chi connectivity index (χ4n) is 3.05. The number of aryl methyl sites for hydroxylation is 2. The minimum atomic E-state index is 0.601. The summed E-state index contributed by atoms with van der Waals surface area (Å²) in [6.45, 7) is 2.61. The van der Waals surface area contributed by atoms with Gasteiger partial charge in [-0.15, -0.1) is 0 Å². The van der Waals surface area contributed by atoms with Gasteiger partial charge in [0, 0.05) is 18.2 Å². The van der Waals surface area contributed by atoms with Gasteiger partial charge >= 0.3 is 0 Å². The third kappa shape index (κ3) is 2.76.